The van der Waals surface area contributed by atoms with Gasteiger partial charge in [-0.1, -0.05) is 23.7 Å². The van der Waals surface area contributed by atoms with Gasteiger partial charge in [0.05, 0.1) is 11.7 Å². The second-order valence-corrected chi connectivity index (χ2v) is 6.31. The topological polar surface area (TPSA) is 50.9 Å². The van der Waals surface area contributed by atoms with Gasteiger partial charge in [-0.05, 0) is 62.0 Å². The third-order valence-corrected chi connectivity index (χ3v) is 4.28. The van der Waals surface area contributed by atoms with Gasteiger partial charge in [-0.25, -0.2) is 5.43 Å². The number of nitrogens with one attached hydrogen (secondary N) is 1. The summed E-state index contributed by atoms with van der Waals surface area (Å²) in [5.41, 5.74) is 5.58. The molecule has 0 aliphatic rings. The highest BCUT2D eigenvalue weighted by Gasteiger charge is 2.17. The van der Waals surface area contributed by atoms with E-state index >= 15 is 0 Å². The highest BCUT2D eigenvalue weighted by molar-refractivity contribution is 9.11. The fourth-order valence-electron chi connectivity index (χ4n) is 1.76. The summed E-state index contributed by atoms with van der Waals surface area (Å²) in [5, 5.41) is 0.714. The molecule has 2 rings (SSSR count). The molecule has 0 amide bonds. The maximum atomic E-state index is 6.16. The number of hydrogen-bond acceptors (Lipinski definition) is 3. The van der Waals surface area contributed by atoms with Gasteiger partial charge in [0.15, 0.2) is 0 Å². The average Bonchev–Trinajstić information content (AvgIpc) is 2.37. The van der Waals surface area contributed by atoms with Gasteiger partial charge < -0.3 is 0 Å². The molecule has 0 saturated carbocycles. The molecule has 3 N–H and O–H groups in total. The van der Waals surface area contributed by atoms with Crippen LogP contribution in [0.1, 0.15) is 22.9 Å². The zero-order valence-electron chi connectivity index (χ0n) is 10.1. The van der Waals surface area contributed by atoms with E-state index in [4.69, 9.17) is 17.4 Å². The Morgan fingerprint density at radius 2 is 2.05 bits per heavy atom. The zero-order valence-corrected chi connectivity index (χ0v) is 14.1. The molecule has 1 heterocycles. The first kappa shape index (κ1) is 14.9. The van der Waals surface area contributed by atoms with E-state index in [0.29, 0.717) is 5.02 Å². The maximum Gasteiger partial charge on any atom is 0.0893 e. The Morgan fingerprint density at radius 1 is 1.32 bits per heavy atom. The van der Waals surface area contributed by atoms with Gasteiger partial charge in [0.1, 0.15) is 0 Å². The summed E-state index contributed by atoms with van der Waals surface area (Å²) in [7, 11) is 0. The van der Waals surface area contributed by atoms with Gasteiger partial charge in [-0.15, -0.1) is 0 Å². The number of aromatic nitrogens is 1. The number of rotatable bonds is 3. The van der Waals surface area contributed by atoms with Crippen molar-refractivity contribution in [1.29, 1.82) is 0 Å². The summed E-state index contributed by atoms with van der Waals surface area (Å²) in [4.78, 5) is 4.40. The van der Waals surface area contributed by atoms with Crippen molar-refractivity contribution in [1.82, 2.24) is 10.4 Å². The van der Waals surface area contributed by atoms with Crippen LogP contribution in [-0.4, -0.2) is 4.98 Å². The first-order chi connectivity index (χ1) is 9.02. The van der Waals surface area contributed by atoms with E-state index in [9.17, 15) is 0 Å². The van der Waals surface area contributed by atoms with E-state index < -0.39 is 0 Å². The van der Waals surface area contributed by atoms with Crippen molar-refractivity contribution in [2.75, 3.05) is 0 Å². The van der Waals surface area contributed by atoms with Crippen molar-refractivity contribution in [2.45, 2.75) is 13.0 Å². The van der Waals surface area contributed by atoms with Gasteiger partial charge in [-0.2, -0.15) is 0 Å². The molecular formula is C13H12Br2ClN3. The molecular weight excluding hydrogens is 393 g/mol. The molecule has 1 atom stereocenters. The number of pyridine rings is 1. The van der Waals surface area contributed by atoms with E-state index in [-0.39, 0.29) is 6.04 Å². The summed E-state index contributed by atoms with van der Waals surface area (Å²) < 4.78 is 1.78. The Labute approximate surface area is 133 Å². The van der Waals surface area contributed by atoms with E-state index in [1.54, 1.807) is 6.20 Å². The summed E-state index contributed by atoms with van der Waals surface area (Å²) in [6.07, 6.45) is 1.74. The van der Waals surface area contributed by atoms with Crippen LogP contribution in [0.4, 0.5) is 0 Å². The van der Waals surface area contributed by atoms with E-state index in [0.717, 1.165) is 25.8 Å². The van der Waals surface area contributed by atoms with E-state index in [1.165, 1.54) is 0 Å². The van der Waals surface area contributed by atoms with Crippen LogP contribution in [0.2, 0.25) is 5.02 Å². The first-order valence-electron chi connectivity index (χ1n) is 5.56. The predicted octanol–water partition coefficient (Wildman–Crippen LogP) is 4.12. The van der Waals surface area contributed by atoms with Crippen LogP contribution < -0.4 is 11.3 Å². The lowest BCUT2D eigenvalue weighted by atomic mass is 10.0. The van der Waals surface area contributed by atoms with E-state index in [1.807, 2.05) is 31.2 Å². The van der Waals surface area contributed by atoms with Crippen LogP contribution in [0.25, 0.3) is 0 Å². The third kappa shape index (κ3) is 3.35. The average molecular weight is 406 g/mol. The van der Waals surface area contributed by atoms with Gasteiger partial charge in [0.2, 0.25) is 0 Å². The molecule has 6 heteroatoms. The maximum absolute atomic E-state index is 6.16. The number of aryl methyl sites for hydroxylation is 1. The highest BCUT2D eigenvalue weighted by Crippen LogP contribution is 2.30. The molecule has 0 spiro atoms. The molecule has 0 bridgehead atoms. The number of nitrogens with two attached hydrogens (primary N) is 1. The van der Waals surface area contributed by atoms with Crippen LogP contribution in [0, 0.1) is 6.92 Å². The van der Waals surface area contributed by atoms with Crippen molar-refractivity contribution in [3.05, 3.63) is 61.3 Å². The van der Waals surface area contributed by atoms with Crippen LogP contribution in [0.3, 0.4) is 0 Å². The van der Waals surface area contributed by atoms with Gasteiger partial charge in [0.25, 0.3) is 0 Å². The SMILES string of the molecule is Cc1ccc(C(NN)c2ncc(Br)cc2Br)cc1Cl. The second kappa shape index (κ2) is 6.33. The van der Waals surface area contributed by atoms with Crippen LogP contribution in [0.5, 0.6) is 0 Å². The Morgan fingerprint density at radius 3 is 2.63 bits per heavy atom. The molecule has 0 aliphatic carbocycles. The molecule has 0 saturated heterocycles. The lowest BCUT2D eigenvalue weighted by molar-refractivity contribution is 0.617. The summed E-state index contributed by atoms with van der Waals surface area (Å²) in [5.74, 6) is 5.67. The fourth-order valence-corrected chi connectivity index (χ4v) is 3.16. The summed E-state index contributed by atoms with van der Waals surface area (Å²) in [6.45, 7) is 1.96. The lowest BCUT2D eigenvalue weighted by Crippen LogP contribution is -2.29. The molecule has 19 heavy (non-hydrogen) atoms. The van der Waals surface area contributed by atoms with Crippen molar-refractivity contribution in [3.8, 4) is 0 Å². The van der Waals surface area contributed by atoms with Crippen molar-refractivity contribution < 1.29 is 0 Å². The number of halogens is 3. The molecule has 100 valence electrons. The number of benzene rings is 1. The largest absolute Gasteiger partial charge is 0.271 e. The third-order valence-electron chi connectivity index (χ3n) is 2.81. The Bertz CT molecular complexity index is 604. The molecule has 0 aliphatic heterocycles. The summed E-state index contributed by atoms with van der Waals surface area (Å²) in [6, 6.07) is 7.57. The van der Waals surface area contributed by atoms with Crippen molar-refractivity contribution in [2.24, 2.45) is 5.84 Å². The highest BCUT2D eigenvalue weighted by atomic mass is 79.9. The van der Waals surface area contributed by atoms with Crippen molar-refractivity contribution >= 4 is 43.5 Å². The van der Waals surface area contributed by atoms with Crippen LogP contribution in [0.15, 0.2) is 39.4 Å². The minimum absolute atomic E-state index is 0.222. The fraction of sp³-hybridized carbons (Fsp3) is 0.154. The normalized spacial score (nSPS) is 12.5. The van der Waals surface area contributed by atoms with Gasteiger partial charge in [0, 0.05) is 20.2 Å². The minimum Gasteiger partial charge on any atom is -0.271 e. The van der Waals surface area contributed by atoms with E-state index in [2.05, 4.69) is 42.3 Å². The number of hydrogen-bond donors (Lipinski definition) is 2. The Kier molecular flexibility index (Phi) is 4.97. The molecule has 1 aromatic carbocycles. The number of nitrogens with zero attached hydrogens (tertiary/aromatic N) is 1. The van der Waals surface area contributed by atoms with Gasteiger partial charge >= 0.3 is 0 Å². The monoisotopic (exact) mass is 403 g/mol. The molecule has 1 aromatic heterocycles. The van der Waals surface area contributed by atoms with Gasteiger partial charge in [-0.3, -0.25) is 10.8 Å². The van der Waals surface area contributed by atoms with Crippen LogP contribution >= 0.6 is 43.5 Å². The molecule has 0 fully saturated rings. The minimum atomic E-state index is -0.222. The molecule has 1 unspecified atom stereocenters. The predicted molar refractivity (Wildman–Crippen MR) is 85.0 cm³/mol. The summed E-state index contributed by atoms with van der Waals surface area (Å²) >= 11 is 13.0. The van der Waals surface area contributed by atoms with Crippen molar-refractivity contribution in [3.63, 3.8) is 0 Å². The Balaban J connectivity index is 2.46. The lowest BCUT2D eigenvalue weighted by Gasteiger charge is -2.18. The van der Waals surface area contributed by atoms with Crippen LogP contribution in [-0.2, 0) is 0 Å². The molecule has 2 aromatic rings. The quantitative estimate of drug-likeness (QED) is 0.597. The Hall–Kier alpha value is -0.460. The first-order valence-corrected chi connectivity index (χ1v) is 7.52. The number of hydrazine groups is 1. The standard InChI is InChI=1S/C13H12Br2ClN3/c1-7-2-3-8(4-11(7)16)12(19-17)13-10(15)5-9(14)6-18-13/h2-6,12,19H,17H2,1H3. The molecule has 0 radical (unpaired) electrons. The second-order valence-electron chi connectivity index (χ2n) is 4.13. The smallest absolute Gasteiger partial charge is 0.0893 e. The molecule has 3 nitrogen and oxygen atoms in total. The zero-order chi connectivity index (χ0) is 14.0.